The number of ether oxygens (including phenoxy) is 1. The Labute approximate surface area is 98.4 Å². The molecule has 90 valence electrons. The van der Waals surface area contributed by atoms with Crippen LogP contribution in [0.25, 0.3) is 0 Å². The predicted octanol–water partition coefficient (Wildman–Crippen LogP) is 2.70. The van der Waals surface area contributed by atoms with Crippen molar-refractivity contribution in [2.45, 2.75) is 45.1 Å². The van der Waals surface area contributed by atoms with Gasteiger partial charge in [0.15, 0.2) is 0 Å². The van der Waals surface area contributed by atoms with Gasteiger partial charge in [0.1, 0.15) is 5.76 Å². The Morgan fingerprint density at radius 2 is 2.19 bits per heavy atom. The fourth-order valence-corrected chi connectivity index (χ4v) is 3.55. The summed E-state index contributed by atoms with van der Waals surface area (Å²) in [4.78, 5) is 0. The molecule has 1 N–H and O–H groups in total. The first kappa shape index (κ1) is 10.6. The SMILES string of the molecule is CCNC(C1=CCCCO1)C1CC2CC2C1. The summed E-state index contributed by atoms with van der Waals surface area (Å²) in [6.45, 7) is 4.18. The van der Waals surface area contributed by atoms with Gasteiger partial charge in [-0.2, -0.15) is 0 Å². The lowest BCUT2D eigenvalue weighted by atomic mass is 9.92. The summed E-state index contributed by atoms with van der Waals surface area (Å²) in [5, 5.41) is 3.64. The van der Waals surface area contributed by atoms with Crippen molar-refractivity contribution in [2.24, 2.45) is 17.8 Å². The zero-order valence-electron chi connectivity index (χ0n) is 10.2. The molecule has 1 aliphatic heterocycles. The van der Waals surface area contributed by atoms with E-state index < -0.39 is 0 Å². The molecule has 0 aromatic carbocycles. The van der Waals surface area contributed by atoms with Crippen LogP contribution >= 0.6 is 0 Å². The molecule has 0 saturated heterocycles. The summed E-state index contributed by atoms with van der Waals surface area (Å²) in [6.07, 6.45) is 9.09. The third kappa shape index (κ3) is 2.00. The molecule has 2 fully saturated rings. The zero-order valence-corrected chi connectivity index (χ0v) is 10.2. The number of nitrogens with one attached hydrogen (secondary N) is 1. The van der Waals surface area contributed by atoms with Crippen LogP contribution in [0.2, 0.25) is 0 Å². The molecule has 0 spiro atoms. The second-order valence-electron chi connectivity index (χ2n) is 5.62. The maximum absolute atomic E-state index is 5.85. The molecule has 2 heteroatoms. The van der Waals surface area contributed by atoms with Gasteiger partial charge in [0, 0.05) is 0 Å². The van der Waals surface area contributed by atoms with Gasteiger partial charge < -0.3 is 10.1 Å². The van der Waals surface area contributed by atoms with Gasteiger partial charge in [0.05, 0.1) is 12.6 Å². The van der Waals surface area contributed by atoms with Crippen LogP contribution in [0.3, 0.4) is 0 Å². The topological polar surface area (TPSA) is 21.3 Å². The summed E-state index contributed by atoms with van der Waals surface area (Å²) in [6, 6.07) is 0.512. The maximum atomic E-state index is 5.85. The molecular formula is C14H23NO. The van der Waals surface area contributed by atoms with Crippen molar-refractivity contribution in [3.63, 3.8) is 0 Å². The predicted molar refractivity (Wildman–Crippen MR) is 65.1 cm³/mol. The zero-order chi connectivity index (χ0) is 11.0. The molecule has 0 bridgehead atoms. The van der Waals surface area contributed by atoms with E-state index in [9.17, 15) is 0 Å². The molecule has 0 radical (unpaired) electrons. The molecule has 0 aromatic rings. The highest BCUT2D eigenvalue weighted by Crippen LogP contribution is 2.55. The van der Waals surface area contributed by atoms with Crippen LogP contribution in [-0.2, 0) is 4.74 Å². The van der Waals surface area contributed by atoms with Crippen molar-refractivity contribution in [2.75, 3.05) is 13.2 Å². The number of rotatable bonds is 4. The average Bonchev–Trinajstić information content (AvgIpc) is 2.94. The highest BCUT2D eigenvalue weighted by Gasteiger charge is 2.48. The smallest absolute Gasteiger partial charge is 0.109 e. The molecule has 3 atom stereocenters. The van der Waals surface area contributed by atoms with Crippen LogP contribution in [0.4, 0.5) is 0 Å². The first-order valence-corrected chi connectivity index (χ1v) is 6.94. The average molecular weight is 221 g/mol. The monoisotopic (exact) mass is 221 g/mol. The first-order chi connectivity index (χ1) is 7.88. The lowest BCUT2D eigenvalue weighted by molar-refractivity contribution is 0.149. The molecule has 2 nitrogen and oxygen atoms in total. The van der Waals surface area contributed by atoms with Crippen molar-refractivity contribution < 1.29 is 4.74 Å². The minimum Gasteiger partial charge on any atom is -0.497 e. The highest BCUT2D eigenvalue weighted by atomic mass is 16.5. The van der Waals surface area contributed by atoms with E-state index in [0.717, 1.165) is 30.9 Å². The maximum Gasteiger partial charge on any atom is 0.109 e. The highest BCUT2D eigenvalue weighted by molar-refractivity contribution is 5.11. The molecule has 3 rings (SSSR count). The van der Waals surface area contributed by atoms with Crippen molar-refractivity contribution in [3.05, 3.63) is 11.8 Å². The molecule has 3 aliphatic rings. The molecule has 1 heterocycles. The van der Waals surface area contributed by atoms with Gasteiger partial charge in [-0.3, -0.25) is 0 Å². The number of hydrogen-bond donors (Lipinski definition) is 1. The van der Waals surface area contributed by atoms with Gasteiger partial charge in [-0.1, -0.05) is 6.92 Å². The first-order valence-electron chi connectivity index (χ1n) is 6.94. The number of fused-ring (bicyclic) bond motifs is 1. The lowest BCUT2D eigenvalue weighted by Crippen LogP contribution is -2.38. The Morgan fingerprint density at radius 1 is 1.38 bits per heavy atom. The van der Waals surface area contributed by atoms with Crippen LogP contribution in [0.15, 0.2) is 11.8 Å². The minimum atomic E-state index is 0.512. The second kappa shape index (κ2) is 4.40. The summed E-state index contributed by atoms with van der Waals surface area (Å²) in [7, 11) is 0. The summed E-state index contributed by atoms with van der Waals surface area (Å²) in [5.74, 6) is 4.22. The van der Waals surface area contributed by atoms with Crippen LogP contribution < -0.4 is 5.32 Å². The van der Waals surface area contributed by atoms with Crippen molar-refractivity contribution >= 4 is 0 Å². The van der Waals surface area contributed by atoms with Gasteiger partial charge in [-0.05, 0) is 62.5 Å². The Morgan fingerprint density at radius 3 is 2.81 bits per heavy atom. The van der Waals surface area contributed by atoms with Crippen molar-refractivity contribution in [1.82, 2.24) is 5.32 Å². The molecule has 3 unspecified atom stereocenters. The Hall–Kier alpha value is -0.500. The van der Waals surface area contributed by atoms with E-state index in [1.54, 1.807) is 0 Å². The standard InChI is InChI=1S/C14H23NO/c1-2-15-14(13-5-3-4-6-16-13)12-8-10-7-11(10)9-12/h5,10-12,14-15H,2-4,6-9H2,1H3. The molecular weight excluding hydrogens is 198 g/mol. The number of likely N-dealkylation sites (N-methyl/N-ethyl adjacent to an activating group) is 1. The van der Waals surface area contributed by atoms with Gasteiger partial charge in [-0.25, -0.2) is 0 Å². The van der Waals surface area contributed by atoms with Gasteiger partial charge in [0.2, 0.25) is 0 Å². The largest absolute Gasteiger partial charge is 0.497 e. The summed E-state index contributed by atoms with van der Waals surface area (Å²) >= 11 is 0. The molecule has 2 saturated carbocycles. The third-order valence-electron chi connectivity index (χ3n) is 4.44. The second-order valence-corrected chi connectivity index (χ2v) is 5.62. The van der Waals surface area contributed by atoms with Crippen molar-refractivity contribution in [1.29, 1.82) is 0 Å². The van der Waals surface area contributed by atoms with Crippen molar-refractivity contribution in [3.8, 4) is 0 Å². The Balaban J connectivity index is 1.67. The van der Waals surface area contributed by atoms with Crippen LogP contribution in [0.1, 0.15) is 39.0 Å². The molecule has 16 heavy (non-hydrogen) atoms. The molecule has 2 aliphatic carbocycles. The summed E-state index contributed by atoms with van der Waals surface area (Å²) in [5.41, 5.74) is 0. The molecule has 0 aromatic heterocycles. The minimum absolute atomic E-state index is 0.512. The number of hydrogen-bond acceptors (Lipinski definition) is 2. The van der Waals surface area contributed by atoms with Gasteiger partial charge in [-0.15, -0.1) is 0 Å². The lowest BCUT2D eigenvalue weighted by Gasteiger charge is -2.29. The normalized spacial score (nSPS) is 38.6. The van der Waals surface area contributed by atoms with Crippen LogP contribution in [-0.4, -0.2) is 19.2 Å². The van der Waals surface area contributed by atoms with E-state index in [-0.39, 0.29) is 0 Å². The van der Waals surface area contributed by atoms with E-state index in [2.05, 4.69) is 18.3 Å². The summed E-state index contributed by atoms with van der Waals surface area (Å²) < 4.78 is 5.85. The van der Waals surface area contributed by atoms with Gasteiger partial charge >= 0.3 is 0 Å². The third-order valence-corrected chi connectivity index (χ3v) is 4.44. The van der Waals surface area contributed by atoms with Gasteiger partial charge in [0.25, 0.3) is 0 Å². The van der Waals surface area contributed by atoms with E-state index in [0.29, 0.717) is 6.04 Å². The van der Waals surface area contributed by atoms with Crippen LogP contribution in [0.5, 0.6) is 0 Å². The van der Waals surface area contributed by atoms with E-state index in [1.165, 1.54) is 37.9 Å². The Bertz CT molecular complexity index is 276. The Kier molecular flexibility index (Phi) is 2.93. The van der Waals surface area contributed by atoms with E-state index in [4.69, 9.17) is 4.74 Å². The fraction of sp³-hybridized carbons (Fsp3) is 0.857. The quantitative estimate of drug-likeness (QED) is 0.788. The number of allylic oxidation sites excluding steroid dienone is 1. The van der Waals surface area contributed by atoms with E-state index in [1.807, 2.05) is 0 Å². The fourth-order valence-electron chi connectivity index (χ4n) is 3.55. The van der Waals surface area contributed by atoms with E-state index >= 15 is 0 Å². The van der Waals surface area contributed by atoms with Crippen LogP contribution in [0, 0.1) is 17.8 Å². The molecule has 0 amide bonds.